The van der Waals surface area contributed by atoms with E-state index >= 15 is 0 Å². The lowest BCUT2D eigenvalue weighted by atomic mass is 10.1. The minimum absolute atomic E-state index is 0.0315. The standard InChI is InChI=1S/C19H18ClN3O3S/c20-13-2-3-14-15(10-13)23-19(22-14)27-11-18(24)21-6-5-12-1-4-16-17(9-12)26-8-7-25-16/h1-4,9-10H,5-8,11H2,(H,21,24)(H,22,23). The van der Waals surface area contributed by atoms with Gasteiger partial charge in [0, 0.05) is 11.6 Å². The van der Waals surface area contributed by atoms with Crippen molar-refractivity contribution >= 4 is 40.3 Å². The van der Waals surface area contributed by atoms with Crippen LogP contribution in [0.3, 0.4) is 0 Å². The number of rotatable bonds is 6. The third-order valence-corrected chi connectivity index (χ3v) is 5.21. The molecule has 1 aromatic heterocycles. The maximum absolute atomic E-state index is 12.1. The lowest BCUT2D eigenvalue weighted by Gasteiger charge is -2.18. The molecule has 1 aliphatic rings. The van der Waals surface area contributed by atoms with Gasteiger partial charge in [-0.1, -0.05) is 29.4 Å². The Morgan fingerprint density at radius 1 is 1.19 bits per heavy atom. The number of benzene rings is 2. The molecule has 0 radical (unpaired) electrons. The lowest BCUT2D eigenvalue weighted by molar-refractivity contribution is -0.118. The second kappa shape index (κ2) is 8.10. The van der Waals surface area contributed by atoms with Crippen LogP contribution in [0.2, 0.25) is 5.02 Å². The van der Waals surface area contributed by atoms with Crippen LogP contribution in [0.1, 0.15) is 5.56 Å². The van der Waals surface area contributed by atoms with Crippen LogP contribution in [-0.4, -0.2) is 41.4 Å². The second-order valence-electron chi connectivity index (χ2n) is 6.07. The number of carbonyl (C=O) groups excluding carboxylic acids is 1. The fraction of sp³-hybridized carbons (Fsp3) is 0.263. The van der Waals surface area contributed by atoms with Crippen molar-refractivity contribution in [2.24, 2.45) is 0 Å². The zero-order valence-electron chi connectivity index (χ0n) is 14.5. The average Bonchev–Trinajstić information content (AvgIpc) is 3.08. The van der Waals surface area contributed by atoms with Crippen LogP contribution in [0.4, 0.5) is 0 Å². The Labute approximate surface area is 165 Å². The van der Waals surface area contributed by atoms with E-state index in [0.717, 1.165) is 34.5 Å². The number of hydrogen-bond acceptors (Lipinski definition) is 5. The molecule has 0 saturated carbocycles. The van der Waals surface area contributed by atoms with Gasteiger partial charge in [-0.05, 0) is 42.3 Å². The molecule has 1 amide bonds. The molecule has 6 nitrogen and oxygen atoms in total. The summed E-state index contributed by atoms with van der Waals surface area (Å²) in [4.78, 5) is 19.7. The summed E-state index contributed by atoms with van der Waals surface area (Å²) in [6.07, 6.45) is 0.732. The summed E-state index contributed by atoms with van der Waals surface area (Å²) in [5, 5.41) is 4.29. The number of fused-ring (bicyclic) bond motifs is 2. The van der Waals surface area contributed by atoms with Crippen LogP contribution in [0.5, 0.6) is 11.5 Å². The van der Waals surface area contributed by atoms with Crippen LogP contribution in [0, 0.1) is 0 Å². The van der Waals surface area contributed by atoms with Crippen molar-refractivity contribution in [1.82, 2.24) is 15.3 Å². The van der Waals surface area contributed by atoms with E-state index in [-0.39, 0.29) is 5.91 Å². The van der Waals surface area contributed by atoms with E-state index in [0.29, 0.717) is 35.7 Å². The van der Waals surface area contributed by atoms with Crippen molar-refractivity contribution in [3.8, 4) is 11.5 Å². The number of amides is 1. The van der Waals surface area contributed by atoms with Crippen LogP contribution in [0.15, 0.2) is 41.6 Å². The van der Waals surface area contributed by atoms with E-state index in [1.54, 1.807) is 6.07 Å². The summed E-state index contributed by atoms with van der Waals surface area (Å²) in [5.74, 6) is 1.81. The Morgan fingerprint density at radius 3 is 2.93 bits per heavy atom. The largest absolute Gasteiger partial charge is 0.486 e. The van der Waals surface area contributed by atoms with E-state index in [4.69, 9.17) is 21.1 Å². The number of H-pyrrole nitrogens is 1. The van der Waals surface area contributed by atoms with Gasteiger partial charge >= 0.3 is 0 Å². The molecule has 2 aromatic carbocycles. The Morgan fingerprint density at radius 2 is 2.04 bits per heavy atom. The number of aromatic nitrogens is 2. The molecule has 3 aromatic rings. The van der Waals surface area contributed by atoms with Crippen LogP contribution in [-0.2, 0) is 11.2 Å². The van der Waals surface area contributed by atoms with Gasteiger partial charge < -0.3 is 19.8 Å². The van der Waals surface area contributed by atoms with E-state index in [2.05, 4.69) is 15.3 Å². The fourth-order valence-electron chi connectivity index (χ4n) is 2.80. The molecule has 2 N–H and O–H groups in total. The number of aromatic amines is 1. The summed E-state index contributed by atoms with van der Waals surface area (Å²) in [5.41, 5.74) is 2.80. The van der Waals surface area contributed by atoms with Crippen molar-refractivity contribution < 1.29 is 14.3 Å². The Balaban J connectivity index is 1.24. The monoisotopic (exact) mass is 403 g/mol. The number of nitrogens with one attached hydrogen (secondary N) is 2. The predicted octanol–water partition coefficient (Wildman–Crippen LogP) is 3.44. The predicted molar refractivity (Wildman–Crippen MR) is 106 cm³/mol. The lowest BCUT2D eigenvalue weighted by Crippen LogP contribution is -2.27. The zero-order valence-corrected chi connectivity index (χ0v) is 16.0. The number of ether oxygens (including phenoxy) is 2. The van der Waals surface area contributed by atoms with Crippen molar-refractivity contribution in [2.45, 2.75) is 11.6 Å². The van der Waals surface area contributed by atoms with Gasteiger partial charge in [0.1, 0.15) is 13.2 Å². The number of hydrogen-bond donors (Lipinski definition) is 2. The first-order valence-corrected chi connectivity index (χ1v) is 9.97. The summed E-state index contributed by atoms with van der Waals surface area (Å²) in [6, 6.07) is 11.3. The average molecular weight is 404 g/mol. The minimum atomic E-state index is -0.0315. The van der Waals surface area contributed by atoms with Crippen molar-refractivity contribution in [1.29, 1.82) is 0 Å². The van der Waals surface area contributed by atoms with E-state index in [9.17, 15) is 4.79 Å². The number of carbonyl (C=O) groups is 1. The molecule has 2 heterocycles. The van der Waals surface area contributed by atoms with Gasteiger partial charge in [-0.2, -0.15) is 0 Å². The molecule has 0 atom stereocenters. The number of halogens is 1. The summed E-state index contributed by atoms with van der Waals surface area (Å²) < 4.78 is 11.1. The number of thioether (sulfide) groups is 1. The summed E-state index contributed by atoms with van der Waals surface area (Å²) in [7, 11) is 0. The molecule has 8 heteroatoms. The maximum Gasteiger partial charge on any atom is 0.230 e. The van der Waals surface area contributed by atoms with E-state index in [1.807, 2.05) is 30.3 Å². The Hall–Kier alpha value is -2.38. The third-order valence-electron chi connectivity index (χ3n) is 4.10. The van der Waals surface area contributed by atoms with Crippen molar-refractivity contribution in [3.05, 3.63) is 47.0 Å². The highest BCUT2D eigenvalue weighted by Crippen LogP contribution is 2.30. The first-order valence-electron chi connectivity index (χ1n) is 8.61. The molecule has 0 bridgehead atoms. The van der Waals surface area contributed by atoms with E-state index in [1.165, 1.54) is 11.8 Å². The zero-order chi connectivity index (χ0) is 18.6. The molecule has 27 heavy (non-hydrogen) atoms. The maximum atomic E-state index is 12.1. The highest BCUT2D eigenvalue weighted by Gasteiger charge is 2.12. The molecule has 4 rings (SSSR count). The van der Waals surface area contributed by atoms with Gasteiger partial charge in [-0.15, -0.1) is 0 Å². The van der Waals surface area contributed by atoms with Gasteiger partial charge in [0.05, 0.1) is 16.8 Å². The van der Waals surface area contributed by atoms with Gasteiger partial charge in [0.25, 0.3) is 0 Å². The first-order chi connectivity index (χ1) is 13.2. The van der Waals surface area contributed by atoms with Gasteiger partial charge in [0.15, 0.2) is 16.7 Å². The molecule has 0 aliphatic carbocycles. The first kappa shape index (κ1) is 18.0. The van der Waals surface area contributed by atoms with Crippen LogP contribution in [0.25, 0.3) is 11.0 Å². The highest BCUT2D eigenvalue weighted by molar-refractivity contribution is 7.99. The summed E-state index contributed by atoms with van der Waals surface area (Å²) in [6.45, 7) is 1.71. The van der Waals surface area contributed by atoms with Crippen molar-refractivity contribution in [3.63, 3.8) is 0 Å². The third kappa shape index (κ3) is 4.48. The summed E-state index contributed by atoms with van der Waals surface area (Å²) >= 11 is 7.34. The molecule has 140 valence electrons. The SMILES string of the molecule is O=C(CSc1nc2ccc(Cl)cc2[nH]1)NCCc1ccc2c(c1)OCCO2. The van der Waals surface area contributed by atoms with Crippen molar-refractivity contribution in [2.75, 3.05) is 25.5 Å². The molecule has 0 saturated heterocycles. The smallest absolute Gasteiger partial charge is 0.230 e. The Bertz CT molecular complexity index is 976. The molecule has 0 unspecified atom stereocenters. The number of imidazole rings is 1. The quantitative estimate of drug-likeness (QED) is 0.616. The van der Waals surface area contributed by atoms with Gasteiger partial charge in [-0.25, -0.2) is 4.98 Å². The van der Waals surface area contributed by atoms with Gasteiger partial charge in [0.2, 0.25) is 5.91 Å². The Kier molecular flexibility index (Phi) is 5.40. The second-order valence-corrected chi connectivity index (χ2v) is 7.47. The number of nitrogens with zero attached hydrogens (tertiary/aromatic N) is 1. The topological polar surface area (TPSA) is 76.2 Å². The van der Waals surface area contributed by atoms with E-state index < -0.39 is 0 Å². The minimum Gasteiger partial charge on any atom is -0.486 e. The molecular formula is C19H18ClN3O3S. The normalized spacial score (nSPS) is 12.9. The highest BCUT2D eigenvalue weighted by atomic mass is 35.5. The fourth-order valence-corrected chi connectivity index (χ4v) is 3.69. The molecule has 0 fully saturated rings. The van der Waals surface area contributed by atoms with Crippen LogP contribution >= 0.6 is 23.4 Å². The van der Waals surface area contributed by atoms with Crippen LogP contribution < -0.4 is 14.8 Å². The van der Waals surface area contributed by atoms with Gasteiger partial charge in [-0.3, -0.25) is 4.79 Å². The molecule has 1 aliphatic heterocycles. The molecule has 0 spiro atoms. The molecular weight excluding hydrogens is 386 g/mol.